The first-order chi connectivity index (χ1) is 7.88. The van der Waals surface area contributed by atoms with Crippen molar-refractivity contribution in [3.05, 3.63) is 0 Å². The fourth-order valence-electron chi connectivity index (χ4n) is 2.85. The van der Waals surface area contributed by atoms with E-state index in [0.29, 0.717) is 0 Å². The Hall–Kier alpha value is 0.310. The molecule has 0 aliphatic heterocycles. The molecule has 1 rings (SSSR count). The van der Waals surface area contributed by atoms with Gasteiger partial charge in [0.05, 0.1) is 0 Å². The molecule has 2 unspecified atom stereocenters. The molecule has 16 heavy (non-hydrogen) atoms. The standard InChI is InChI=1S/C14H29NS/c1-3-15-12-14-9-6-5-8-13(14)10-7-11-16-4-2/h13-15H,3-12H2,1-2H3. The summed E-state index contributed by atoms with van der Waals surface area (Å²) in [6, 6.07) is 0. The van der Waals surface area contributed by atoms with Crippen LogP contribution in [0.3, 0.4) is 0 Å². The van der Waals surface area contributed by atoms with Crippen molar-refractivity contribution in [2.75, 3.05) is 24.6 Å². The zero-order chi connectivity index (χ0) is 11.6. The van der Waals surface area contributed by atoms with E-state index in [1.807, 2.05) is 0 Å². The second kappa shape index (κ2) is 9.35. The van der Waals surface area contributed by atoms with E-state index in [4.69, 9.17) is 0 Å². The lowest BCUT2D eigenvalue weighted by molar-refractivity contribution is 0.218. The van der Waals surface area contributed by atoms with Crippen LogP contribution in [0.1, 0.15) is 52.4 Å². The molecule has 0 radical (unpaired) electrons. The van der Waals surface area contributed by atoms with Gasteiger partial charge in [-0.25, -0.2) is 0 Å². The van der Waals surface area contributed by atoms with Crippen molar-refractivity contribution in [2.45, 2.75) is 52.4 Å². The average Bonchev–Trinajstić information content (AvgIpc) is 2.33. The van der Waals surface area contributed by atoms with Gasteiger partial charge in [0.25, 0.3) is 0 Å². The molecule has 0 spiro atoms. The van der Waals surface area contributed by atoms with Gasteiger partial charge in [-0.05, 0) is 55.7 Å². The number of hydrogen-bond donors (Lipinski definition) is 1. The molecule has 1 N–H and O–H groups in total. The lowest BCUT2D eigenvalue weighted by atomic mass is 9.77. The second-order valence-electron chi connectivity index (χ2n) is 4.95. The summed E-state index contributed by atoms with van der Waals surface area (Å²) in [7, 11) is 0. The third kappa shape index (κ3) is 5.58. The molecule has 1 aliphatic rings. The van der Waals surface area contributed by atoms with E-state index in [2.05, 4.69) is 30.9 Å². The third-order valence-corrected chi connectivity index (χ3v) is 4.78. The van der Waals surface area contributed by atoms with E-state index >= 15 is 0 Å². The minimum Gasteiger partial charge on any atom is -0.317 e. The topological polar surface area (TPSA) is 12.0 Å². The van der Waals surface area contributed by atoms with Gasteiger partial charge in [-0.15, -0.1) is 0 Å². The van der Waals surface area contributed by atoms with E-state index in [0.717, 1.165) is 18.4 Å². The van der Waals surface area contributed by atoms with Gasteiger partial charge in [-0.1, -0.05) is 33.1 Å². The molecule has 1 saturated carbocycles. The minimum atomic E-state index is 0.973. The fraction of sp³-hybridized carbons (Fsp3) is 1.00. The molecule has 0 heterocycles. The Labute approximate surface area is 106 Å². The first-order valence-electron chi connectivity index (χ1n) is 7.16. The van der Waals surface area contributed by atoms with Crippen molar-refractivity contribution in [1.82, 2.24) is 5.32 Å². The number of nitrogens with one attached hydrogen (secondary N) is 1. The van der Waals surface area contributed by atoms with Gasteiger partial charge >= 0.3 is 0 Å². The molecular weight excluding hydrogens is 214 g/mol. The Balaban J connectivity index is 2.18. The monoisotopic (exact) mass is 243 g/mol. The van der Waals surface area contributed by atoms with Gasteiger partial charge in [0.1, 0.15) is 0 Å². The van der Waals surface area contributed by atoms with Crippen molar-refractivity contribution in [1.29, 1.82) is 0 Å². The van der Waals surface area contributed by atoms with Gasteiger partial charge in [0.15, 0.2) is 0 Å². The number of rotatable bonds is 8. The predicted molar refractivity (Wildman–Crippen MR) is 76.2 cm³/mol. The maximum atomic E-state index is 3.54. The molecule has 2 atom stereocenters. The van der Waals surface area contributed by atoms with Crippen molar-refractivity contribution in [3.8, 4) is 0 Å². The molecule has 1 nitrogen and oxygen atoms in total. The van der Waals surface area contributed by atoms with Crippen molar-refractivity contribution in [3.63, 3.8) is 0 Å². The van der Waals surface area contributed by atoms with Crippen LogP contribution in [0, 0.1) is 11.8 Å². The van der Waals surface area contributed by atoms with Crippen LogP contribution in [-0.4, -0.2) is 24.6 Å². The largest absolute Gasteiger partial charge is 0.317 e. The highest BCUT2D eigenvalue weighted by Gasteiger charge is 2.23. The first-order valence-corrected chi connectivity index (χ1v) is 8.32. The van der Waals surface area contributed by atoms with Gasteiger partial charge in [0.2, 0.25) is 0 Å². The number of thioether (sulfide) groups is 1. The summed E-state index contributed by atoms with van der Waals surface area (Å²) >= 11 is 2.10. The molecule has 96 valence electrons. The molecule has 0 amide bonds. The van der Waals surface area contributed by atoms with Crippen molar-refractivity contribution >= 4 is 11.8 Å². The Morgan fingerprint density at radius 1 is 1.12 bits per heavy atom. The summed E-state index contributed by atoms with van der Waals surface area (Å²) in [5, 5.41) is 3.54. The summed E-state index contributed by atoms with van der Waals surface area (Å²) in [6.07, 6.45) is 8.82. The first kappa shape index (κ1) is 14.4. The third-order valence-electron chi connectivity index (χ3n) is 3.79. The average molecular weight is 243 g/mol. The highest BCUT2D eigenvalue weighted by atomic mass is 32.2. The van der Waals surface area contributed by atoms with Crippen LogP contribution in [-0.2, 0) is 0 Å². The molecule has 0 saturated heterocycles. The zero-order valence-electron chi connectivity index (χ0n) is 11.1. The smallest absolute Gasteiger partial charge is 0.00180 e. The number of hydrogen-bond acceptors (Lipinski definition) is 2. The van der Waals surface area contributed by atoms with E-state index in [9.17, 15) is 0 Å². The van der Waals surface area contributed by atoms with Crippen LogP contribution < -0.4 is 5.32 Å². The van der Waals surface area contributed by atoms with E-state index in [-0.39, 0.29) is 0 Å². The van der Waals surface area contributed by atoms with E-state index in [1.54, 1.807) is 0 Å². The predicted octanol–water partition coefficient (Wildman–Crippen LogP) is 3.94. The van der Waals surface area contributed by atoms with Crippen LogP contribution in [0.5, 0.6) is 0 Å². The molecule has 0 bridgehead atoms. The van der Waals surface area contributed by atoms with Crippen molar-refractivity contribution < 1.29 is 0 Å². The molecule has 0 aromatic carbocycles. The van der Waals surface area contributed by atoms with Crippen molar-refractivity contribution in [2.24, 2.45) is 11.8 Å². The molecule has 0 aromatic rings. The van der Waals surface area contributed by atoms with Crippen LogP contribution in [0.2, 0.25) is 0 Å². The Bertz CT molecular complexity index is 161. The van der Waals surface area contributed by atoms with Gasteiger partial charge < -0.3 is 5.32 Å². The quantitative estimate of drug-likeness (QED) is 0.648. The molecule has 0 aromatic heterocycles. The van der Waals surface area contributed by atoms with Gasteiger partial charge in [-0.3, -0.25) is 0 Å². The highest BCUT2D eigenvalue weighted by Crippen LogP contribution is 2.33. The SMILES string of the molecule is CCNCC1CCCCC1CCCSCC. The lowest BCUT2D eigenvalue weighted by Gasteiger charge is -2.31. The Morgan fingerprint density at radius 2 is 1.88 bits per heavy atom. The van der Waals surface area contributed by atoms with Crippen LogP contribution in [0.15, 0.2) is 0 Å². The zero-order valence-corrected chi connectivity index (χ0v) is 12.0. The van der Waals surface area contributed by atoms with Crippen LogP contribution >= 0.6 is 11.8 Å². The fourth-order valence-corrected chi connectivity index (χ4v) is 3.51. The van der Waals surface area contributed by atoms with Gasteiger partial charge in [-0.2, -0.15) is 11.8 Å². The molecule has 1 fully saturated rings. The summed E-state index contributed by atoms with van der Waals surface area (Å²) in [4.78, 5) is 0. The second-order valence-corrected chi connectivity index (χ2v) is 6.35. The Morgan fingerprint density at radius 3 is 2.56 bits per heavy atom. The summed E-state index contributed by atoms with van der Waals surface area (Å²) in [5.41, 5.74) is 0. The highest BCUT2D eigenvalue weighted by molar-refractivity contribution is 7.99. The minimum absolute atomic E-state index is 0.973. The van der Waals surface area contributed by atoms with E-state index < -0.39 is 0 Å². The van der Waals surface area contributed by atoms with E-state index in [1.165, 1.54) is 56.6 Å². The maximum absolute atomic E-state index is 3.54. The molecular formula is C14H29NS. The van der Waals surface area contributed by atoms with Gasteiger partial charge in [0, 0.05) is 0 Å². The summed E-state index contributed by atoms with van der Waals surface area (Å²) in [5.74, 6) is 4.65. The normalized spacial score (nSPS) is 25.9. The Kier molecular flexibility index (Phi) is 8.40. The van der Waals surface area contributed by atoms with Crippen LogP contribution in [0.25, 0.3) is 0 Å². The maximum Gasteiger partial charge on any atom is -0.00180 e. The lowest BCUT2D eigenvalue weighted by Crippen LogP contribution is -2.30. The summed E-state index contributed by atoms with van der Waals surface area (Å²) < 4.78 is 0. The molecule has 2 heteroatoms. The van der Waals surface area contributed by atoms with Crippen LogP contribution in [0.4, 0.5) is 0 Å². The molecule has 1 aliphatic carbocycles. The summed E-state index contributed by atoms with van der Waals surface area (Å²) in [6.45, 7) is 6.88.